The number of aromatic nitrogens is 5. The number of halogens is 1. The van der Waals surface area contributed by atoms with Crippen LogP contribution in [0.5, 0.6) is 0 Å². The Morgan fingerprint density at radius 2 is 2.14 bits per heavy atom. The highest BCUT2D eigenvalue weighted by Gasteiger charge is 2.07. The first-order valence-corrected chi connectivity index (χ1v) is 3.98. The molecule has 6 heteroatoms. The fraction of sp³-hybridized carbons (Fsp3) is 0. The molecule has 68 valence electrons. The molecule has 5 nitrogen and oxygen atoms in total. The monoisotopic (exact) mass is 189 g/mol. The summed E-state index contributed by atoms with van der Waals surface area (Å²) in [7, 11) is 0. The van der Waals surface area contributed by atoms with E-state index in [1.807, 2.05) is 0 Å². The van der Waals surface area contributed by atoms with Crippen LogP contribution in [0.4, 0.5) is 4.39 Å². The number of hydrogen-bond donors (Lipinski definition) is 0. The molecule has 0 radical (unpaired) electrons. The van der Waals surface area contributed by atoms with Crippen LogP contribution in [0.1, 0.15) is 0 Å². The van der Waals surface area contributed by atoms with Crippen molar-refractivity contribution < 1.29 is 4.39 Å². The van der Waals surface area contributed by atoms with Gasteiger partial charge in [-0.3, -0.25) is 0 Å². The molecule has 0 saturated heterocycles. The molecule has 0 bridgehead atoms. The van der Waals surface area contributed by atoms with Crippen molar-refractivity contribution in [2.24, 2.45) is 0 Å². The Labute approximate surface area is 77.1 Å². The summed E-state index contributed by atoms with van der Waals surface area (Å²) in [4.78, 5) is 0. The Balaban J connectivity index is 2.64. The molecule has 3 aromatic rings. The Morgan fingerprint density at radius 3 is 3.07 bits per heavy atom. The fourth-order valence-corrected chi connectivity index (χ4v) is 1.40. The van der Waals surface area contributed by atoms with Crippen LogP contribution in [-0.2, 0) is 0 Å². The van der Waals surface area contributed by atoms with Gasteiger partial charge >= 0.3 is 0 Å². The average molecular weight is 189 g/mol. The Hall–Kier alpha value is -2.11. The van der Waals surface area contributed by atoms with Gasteiger partial charge in [-0.25, -0.2) is 4.39 Å². The molecular weight excluding hydrogens is 185 g/mol. The van der Waals surface area contributed by atoms with Crippen LogP contribution in [-0.4, -0.2) is 25.3 Å². The molecule has 0 aliphatic heterocycles. The van der Waals surface area contributed by atoms with E-state index in [0.29, 0.717) is 16.4 Å². The SMILES string of the molecule is Fc1cccc2c1cnn1nnnc21. The number of fused-ring (bicyclic) bond motifs is 3. The van der Waals surface area contributed by atoms with Gasteiger partial charge in [-0.15, -0.1) is 9.73 Å². The van der Waals surface area contributed by atoms with E-state index in [0.717, 1.165) is 0 Å². The molecule has 0 N–H and O–H groups in total. The summed E-state index contributed by atoms with van der Waals surface area (Å²) in [6, 6.07) is 4.75. The highest BCUT2D eigenvalue weighted by molar-refractivity contribution is 5.92. The molecule has 0 unspecified atom stereocenters. The zero-order valence-corrected chi connectivity index (χ0v) is 6.92. The number of nitrogens with zero attached hydrogens (tertiary/aromatic N) is 5. The lowest BCUT2D eigenvalue weighted by Gasteiger charge is -1.97. The lowest BCUT2D eigenvalue weighted by atomic mass is 10.2. The smallest absolute Gasteiger partial charge is 0.206 e. The van der Waals surface area contributed by atoms with E-state index in [4.69, 9.17) is 0 Å². The van der Waals surface area contributed by atoms with E-state index in [1.165, 1.54) is 16.9 Å². The van der Waals surface area contributed by atoms with Crippen LogP contribution >= 0.6 is 0 Å². The zero-order chi connectivity index (χ0) is 9.54. The van der Waals surface area contributed by atoms with E-state index in [2.05, 4.69) is 20.6 Å². The lowest BCUT2D eigenvalue weighted by Crippen LogP contribution is -1.94. The van der Waals surface area contributed by atoms with Crippen molar-refractivity contribution >= 4 is 16.4 Å². The quantitative estimate of drug-likeness (QED) is 0.525. The Morgan fingerprint density at radius 1 is 1.21 bits per heavy atom. The van der Waals surface area contributed by atoms with E-state index in [9.17, 15) is 4.39 Å². The average Bonchev–Trinajstić information content (AvgIpc) is 2.66. The summed E-state index contributed by atoms with van der Waals surface area (Å²) in [5, 5.41) is 15.8. The van der Waals surface area contributed by atoms with Crippen LogP contribution in [0.3, 0.4) is 0 Å². The van der Waals surface area contributed by atoms with Crippen molar-refractivity contribution in [1.82, 2.24) is 25.3 Å². The van der Waals surface area contributed by atoms with Gasteiger partial charge in [0, 0.05) is 10.8 Å². The Kier molecular flexibility index (Phi) is 1.27. The number of benzene rings is 1. The molecule has 2 heterocycles. The molecule has 0 aliphatic carbocycles. The minimum absolute atomic E-state index is 0.319. The fourth-order valence-electron chi connectivity index (χ4n) is 1.40. The van der Waals surface area contributed by atoms with Crippen LogP contribution in [0.25, 0.3) is 16.4 Å². The minimum Gasteiger partial charge on any atom is -0.206 e. The minimum atomic E-state index is -0.319. The first-order valence-electron chi connectivity index (χ1n) is 3.98. The summed E-state index contributed by atoms with van der Waals surface area (Å²) in [6.45, 7) is 0. The molecule has 2 aromatic heterocycles. The normalized spacial score (nSPS) is 11.2. The maximum absolute atomic E-state index is 13.3. The van der Waals surface area contributed by atoms with Gasteiger partial charge in [-0.2, -0.15) is 5.10 Å². The summed E-state index contributed by atoms with van der Waals surface area (Å²) in [5.41, 5.74) is 0.460. The van der Waals surface area contributed by atoms with Crippen LogP contribution in [0.2, 0.25) is 0 Å². The van der Waals surface area contributed by atoms with Gasteiger partial charge in [0.25, 0.3) is 0 Å². The van der Waals surface area contributed by atoms with Gasteiger partial charge < -0.3 is 0 Å². The predicted octanol–water partition coefficient (Wildman–Crippen LogP) is 0.812. The van der Waals surface area contributed by atoms with Gasteiger partial charge in [-0.1, -0.05) is 12.1 Å². The van der Waals surface area contributed by atoms with Gasteiger partial charge in [0.2, 0.25) is 5.65 Å². The third kappa shape index (κ3) is 0.819. The molecule has 3 rings (SSSR count). The van der Waals surface area contributed by atoms with Gasteiger partial charge in [-0.05, 0) is 16.5 Å². The molecule has 1 aromatic carbocycles. The zero-order valence-electron chi connectivity index (χ0n) is 6.92. The Bertz CT molecular complexity index is 617. The second-order valence-electron chi connectivity index (χ2n) is 2.84. The van der Waals surface area contributed by atoms with Crippen molar-refractivity contribution in [3.05, 3.63) is 30.2 Å². The second kappa shape index (κ2) is 2.44. The molecule has 0 atom stereocenters. The predicted molar refractivity (Wildman–Crippen MR) is 46.0 cm³/mol. The number of rotatable bonds is 0. The summed E-state index contributed by atoms with van der Waals surface area (Å²) in [5.74, 6) is -0.319. The van der Waals surface area contributed by atoms with Crippen molar-refractivity contribution in [2.75, 3.05) is 0 Å². The number of hydrogen-bond acceptors (Lipinski definition) is 4. The van der Waals surface area contributed by atoms with E-state index >= 15 is 0 Å². The third-order valence-corrected chi connectivity index (χ3v) is 2.04. The summed E-state index contributed by atoms with van der Waals surface area (Å²) >= 11 is 0. The molecule has 14 heavy (non-hydrogen) atoms. The third-order valence-electron chi connectivity index (χ3n) is 2.04. The summed E-state index contributed by atoms with van der Waals surface area (Å²) < 4.78 is 14.6. The van der Waals surface area contributed by atoms with E-state index in [-0.39, 0.29) is 5.82 Å². The molecule has 0 aliphatic rings. The van der Waals surface area contributed by atoms with Crippen molar-refractivity contribution in [3.63, 3.8) is 0 Å². The van der Waals surface area contributed by atoms with E-state index < -0.39 is 0 Å². The van der Waals surface area contributed by atoms with Gasteiger partial charge in [0.1, 0.15) is 5.82 Å². The van der Waals surface area contributed by atoms with Crippen LogP contribution in [0.15, 0.2) is 24.4 Å². The molecule has 0 spiro atoms. The first-order chi connectivity index (χ1) is 6.86. The van der Waals surface area contributed by atoms with Crippen LogP contribution in [0, 0.1) is 5.82 Å². The van der Waals surface area contributed by atoms with E-state index in [1.54, 1.807) is 12.1 Å². The second-order valence-corrected chi connectivity index (χ2v) is 2.84. The van der Waals surface area contributed by atoms with Crippen molar-refractivity contribution in [2.45, 2.75) is 0 Å². The molecular formula is C8H4FN5. The van der Waals surface area contributed by atoms with Gasteiger partial charge in [0.15, 0.2) is 0 Å². The lowest BCUT2D eigenvalue weighted by molar-refractivity contribution is 0.638. The standard InChI is InChI=1S/C8H4FN5/c9-7-3-1-2-5-6(7)4-10-14-8(5)11-12-13-14/h1-4H. The number of tetrazole rings is 1. The highest BCUT2D eigenvalue weighted by Crippen LogP contribution is 2.18. The molecule has 0 fully saturated rings. The highest BCUT2D eigenvalue weighted by atomic mass is 19.1. The largest absolute Gasteiger partial charge is 0.207 e. The summed E-state index contributed by atoms with van der Waals surface area (Å²) in [6.07, 6.45) is 1.41. The van der Waals surface area contributed by atoms with Crippen molar-refractivity contribution in [1.29, 1.82) is 0 Å². The van der Waals surface area contributed by atoms with Gasteiger partial charge in [0.05, 0.1) is 6.20 Å². The first kappa shape index (κ1) is 7.31. The van der Waals surface area contributed by atoms with Crippen molar-refractivity contribution in [3.8, 4) is 0 Å². The topological polar surface area (TPSA) is 56.0 Å². The maximum atomic E-state index is 13.3. The molecule has 0 amide bonds. The molecule has 0 saturated carbocycles. The van der Waals surface area contributed by atoms with Crippen LogP contribution < -0.4 is 0 Å². The maximum Gasteiger partial charge on any atom is 0.207 e.